The number of benzene rings is 2. The molecule has 1 amide bonds. The summed E-state index contributed by atoms with van der Waals surface area (Å²) in [6, 6.07) is 10.4. The van der Waals surface area contributed by atoms with Crippen LogP contribution in [0.1, 0.15) is 31.9 Å². The Bertz CT molecular complexity index is 839. The number of amides is 1. The predicted octanol–water partition coefficient (Wildman–Crippen LogP) is 4.23. The smallest absolute Gasteiger partial charge is 0.311 e. The number of nitro groups is 1. The van der Waals surface area contributed by atoms with Gasteiger partial charge in [-0.3, -0.25) is 14.9 Å². The van der Waals surface area contributed by atoms with Crippen molar-refractivity contribution in [2.75, 3.05) is 19.0 Å². The number of nitrogens with zero attached hydrogens (tertiary/aromatic N) is 1. The first-order chi connectivity index (χ1) is 12.6. The standard InChI is InChI=1S/C20H24N2O5/c1-13-10-17(22(24)25)18(26-5)11-16(13)21-19(23)12-27-15-8-6-14(7-9-15)20(2,3)4/h6-11H,12H2,1-5H3,(H,21,23). The zero-order valence-electron chi connectivity index (χ0n) is 16.2. The number of anilines is 1. The minimum atomic E-state index is -0.526. The molecule has 0 saturated carbocycles. The summed E-state index contributed by atoms with van der Waals surface area (Å²) < 4.78 is 10.5. The van der Waals surface area contributed by atoms with Crippen molar-refractivity contribution in [2.24, 2.45) is 0 Å². The van der Waals surface area contributed by atoms with Crippen molar-refractivity contribution in [3.05, 3.63) is 57.6 Å². The average Bonchev–Trinajstić information content (AvgIpc) is 2.60. The quantitative estimate of drug-likeness (QED) is 0.605. The van der Waals surface area contributed by atoms with E-state index in [1.165, 1.54) is 24.8 Å². The number of hydrogen-bond donors (Lipinski definition) is 1. The van der Waals surface area contributed by atoms with E-state index >= 15 is 0 Å². The number of nitrogens with one attached hydrogen (secondary N) is 1. The van der Waals surface area contributed by atoms with Gasteiger partial charge < -0.3 is 14.8 Å². The maximum Gasteiger partial charge on any atom is 0.311 e. The zero-order valence-corrected chi connectivity index (χ0v) is 16.2. The van der Waals surface area contributed by atoms with Crippen LogP contribution in [0.2, 0.25) is 0 Å². The number of carbonyl (C=O) groups excluding carboxylic acids is 1. The van der Waals surface area contributed by atoms with Gasteiger partial charge in [0, 0.05) is 17.8 Å². The molecule has 0 saturated heterocycles. The first-order valence-corrected chi connectivity index (χ1v) is 8.48. The Labute approximate surface area is 158 Å². The van der Waals surface area contributed by atoms with Crippen LogP contribution in [0.5, 0.6) is 11.5 Å². The Morgan fingerprint density at radius 1 is 1.19 bits per heavy atom. The molecule has 2 rings (SSSR count). The summed E-state index contributed by atoms with van der Waals surface area (Å²) in [6.07, 6.45) is 0. The molecule has 7 nitrogen and oxygen atoms in total. The van der Waals surface area contributed by atoms with Crippen LogP contribution in [-0.4, -0.2) is 24.5 Å². The molecule has 0 aromatic heterocycles. The van der Waals surface area contributed by atoms with Gasteiger partial charge in [-0.15, -0.1) is 0 Å². The van der Waals surface area contributed by atoms with E-state index in [4.69, 9.17) is 9.47 Å². The summed E-state index contributed by atoms with van der Waals surface area (Å²) in [7, 11) is 1.34. The van der Waals surface area contributed by atoms with Gasteiger partial charge in [-0.25, -0.2) is 0 Å². The number of methoxy groups -OCH3 is 1. The Hall–Kier alpha value is -3.09. The van der Waals surface area contributed by atoms with Crippen LogP contribution in [0.25, 0.3) is 0 Å². The monoisotopic (exact) mass is 372 g/mol. The van der Waals surface area contributed by atoms with E-state index < -0.39 is 4.92 Å². The minimum absolute atomic E-state index is 0.0441. The van der Waals surface area contributed by atoms with Crippen LogP contribution < -0.4 is 14.8 Å². The molecule has 0 atom stereocenters. The Balaban J connectivity index is 2.03. The number of aryl methyl sites for hydroxylation is 1. The molecule has 2 aromatic rings. The van der Waals surface area contributed by atoms with Crippen molar-refractivity contribution in [1.29, 1.82) is 0 Å². The molecule has 0 radical (unpaired) electrons. The lowest BCUT2D eigenvalue weighted by atomic mass is 9.87. The molecular weight excluding hydrogens is 348 g/mol. The van der Waals surface area contributed by atoms with Crippen molar-refractivity contribution in [3.63, 3.8) is 0 Å². The molecule has 0 aliphatic rings. The number of nitro benzene ring substituents is 1. The highest BCUT2D eigenvalue weighted by molar-refractivity contribution is 5.93. The molecule has 0 heterocycles. The van der Waals surface area contributed by atoms with Gasteiger partial charge in [0.05, 0.1) is 12.0 Å². The SMILES string of the molecule is COc1cc(NC(=O)COc2ccc(C(C)(C)C)cc2)c(C)cc1[N+](=O)[O-]. The summed E-state index contributed by atoms with van der Waals surface area (Å²) >= 11 is 0. The fourth-order valence-corrected chi connectivity index (χ4v) is 2.50. The van der Waals surface area contributed by atoms with Gasteiger partial charge in [-0.1, -0.05) is 32.9 Å². The number of rotatable bonds is 6. The van der Waals surface area contributed by atoms with Gasteiger partial charge in [0.15, 0.2) is 12.4 Å². The molecule has 2 aromatic carbocycles. The Morgan fingerprint density at radius 2 is 1.81 bits per heavy atom. The lowest BCUT2D eigenvalue weighted by Gasteiger charge is -2.19. The Kier molecular flexibility index (Phi) is 6.05. The van der Waals surface area contributed by atoms with Crippen LogP contribution in [0.4, 0.5) is 11.4 Å². The van der Waals surface area contributed by atoms with Crippen LogP contribution in [0, 0.1) is 17.0 Å². The molecule has 0 aliphatic carbocycles. The van der Waals surface area contributed by atoms with Crippen LogP contribution in [0.15, 0.2) is 36.4 Å². The summed E-state index contributed by atoms with van der Waals surface area (Å²) in [5.74, 6) is 0.310. The van der Waals surface area contributed by atoms with E-state index in [1.807, 2.05) is 24.3 Å². The molecule has 0 aliphatic heterocycles. The normalized spacial score (nSPS) is 11.0. The second-order valence-electron chi connectivity index (χ2n) is 7.21. The van der Waals surface area contributed by atoms with Crippen molar-refractivity contribution >= 4 is 17.3 Å². The van der Waals surface area contributed by atoms with Gasteiger partial charge in [0.1, 0.15) is 5.75 Å². The van der Waals surface area contributed by atoms with E-state index in [0.29, 0.717) is 17.0 Å². The second-order valence-corrected chi connectivity index (χ2v) is 7.21. The summed E-state index contributed by atoms with van der Waals surface area (Å²) in [4.78, 5) is 22.7. The summed E-state index contributed by atoms with van der Waals surface area (Å²) in [6.45, 7) is 7.87. The molecule has 0 spiro atoms. The lowest BCUT2D eigenvalue weighted by molar-refractivity contribution is -0.385. The average molecular weight is 372 g/mol. The third-order valence-electron chi connectivity index (χ3n) is 4.09. The van der Waals surface area contributed by atoms with E-state index in [1.54, 1.807) is 6.92 Å². The fraction of sp³-hybridized carbons (Fsp3) is 0.350. The number of carbonyl (C=O) groups is 1. The summed E-state index contributed by atoms with van der Waals surface area (Å²) in [5, 5.41) is 13.7. The third-order valence-corrected chi connectivity index (χ3v) is 4.09. The molecule has 1 N–H and O–H groups in total. The van der Waals surface area contributed by atoms with E-state index in [-0.39, 0.29) is 29.4 Å². The van der Waals surface area contributed by atoms with Gasteiger partial charge in [0.25, 0.3) is 5.91 Å². The molecule has 7 heteroatoms. The van der Waals surface area contributed by atoms with Gasteiger partial charge in [0.2, 0.25) is 0 Å². The van der Waals surface area contributed by atoms with Crippen molar-refractivity contribution in [2.45, 2.75) is 33.1 Å². The van der Waals surface area contributed by atoms with E-state index in [0.717, 1.165) is 0 Å². The molecule has 144 valence electrons. The zero-order chi connectivity index (χ0) is 20.2. The highest BCUT2D eigenvalue weighted by Crippen LogP contribution is 2.32. The van der Waals surface area contributed by atoms with Gasteiger partial charge in [-0.05, 0) is 35.6 Å². The first-order valence-electron chi connectivity index (χ1n) is 8.48. The first kappa shape index (κ1) is 20.2. The maximum atomic E-state index is 12.2. The molecule has 27 heavy (non-hydrogen) atoms. The molecular formula is C20H24N2O5. The molecule has 0 fully saturated rings. The number of ether oxygens (including phenoxy) is 2. The third kappa shape index (κ3) is 5.20. The van der Waals surface area contributed by atoms with Crippen LogP contribution >= 0.6 is 0 Å². The van der Waals surface area contributed by atoms with Crippen molar-refractivity contribution in [3.8, 4) is 11.5 Å². The number of hydrogen-bond acceptors (Lipinski definition) is 5. The molecule has 0 unspecified atom stereocenters. The highest BCUT2D eigenvalue weighted by atomic mass is 16.6. The topological polar surface area (TPSA) is 90.7 Å². The van der Waals surface area contributed by atoms with Crippen LogP contribution in [-0.2, 0) is 10.2 Å². The van der Waals surface area contributed by atoms with Gasteiger partial charge >= 0.3 is 5.69 Å². The van der Waals surface area contributed by atoms with Crippen LogP contribution in [0.3, 0.4) is 0 Å². The largest absolute Gasteiger partial charge is 0.490 e. The summed E-state index contributed by atoms with van der Waals surface area (Å²) in [5.41, 5.74) is 2.07. The minimum Gasteiger partial charge on any atom is -0.490 e. The maximum absolute atomic E-state index is 12.2. The van der Waals surface area contributed by atoms with E-state index in [2.05, 4.69) is 26.1 Å². The fourth-order valence-electron chi connectivity index (χ4n) is 2.50. The molecule has 0 bridgehead atoms. The van der Waals surface area contributed by atoms with E-state index in [9.17, 15) is 14.9 Å². The predicted molar refractivity (Wildman–Crippen MR) is 104 cm³/mol. The van der Waals surface area contributed by atoms with Gasteiger partial charge in [-0.2, -0.15) is 0 Å². The second kappa shape index (κ2) is 8.07. The Morgan fingerprint density at radius 3 is 2.33 bits per heavy atom. The van der Waals surface area contributed by atoms with Crippen molar-refractivity contribution in [1.82, 2.24) is 0 Å². The van der Waals surface area contributed by atoms with Crippen molar-refractivity contribution < 1.29 is 19.2 Å². The lowest BCUT2D eigenvalue weighted by Crippen LogP contribution is -2.21. The highest BCUT2D eigenvalue weighted by Gasteiger charge is 2.18.